The number of likely N-dealkylation sites (tertiary alicyclic amines) is 1. The summed E-state index contributed by atoms with van der Waals surface area (Å²) in [6.07, 6.45) is 7.41. The Morgan fingerprint density at radius 2 is 2.11 bits per heavy atom. The van der Waals surface area contributed by atoms with Crippen LogP contribution in [0, 0.1) is 0 Å². The Morgan fingerprint density at radius 3 is 2.93 bits per heavy atom. The highest BCUT2D eigenvalue weighted by molar-refractivity contribution is 5.92. The summed E-state index contributed by atoms with van der Waals surface area (Å²) in [4.78, 5) is 19.0. The number of hydrogen-bond acceptors (Lipinski definition) is 6. The highest BCUT2D eigenvalue weighted by Crippen LogP contribution is 2.40. The van der Waals surface area contributed by atoms with Crippen LogP contribution < -0.4 is 0 Å². The van der Waals surface area contributed by atoms with Gasteiger partial charge in [-0.3, -0.25) is 9.78 Å². The second-order valence-electron chi connectivity index (χ2n) is 7.60. The fourth-order valence-corrected chi connectivity index (χ4v) is 4.07. The number of rotatable bonds is 5. The first kappa shape index (κ1) is 16.9. The lowest BCUT2D eigenvalue weighted by molar-refractivity contribution is -0.0809. The molecule has 0 unspecified atom stereocenters. The van der Waals surface area contributed by atoms with Crippen LogP contribution in [0.15, 0.2) is 35.1 Å². The predicted molar refractivity (Wildman–Crippen MR) is 95.1 cm³/mol. The average molecular weight is 369 g/mol. The Balaban J connectivity index is 1.30. The molecule has 3 aliphatic rings. The second-order valence-corrected chi connectivity index (χ2v) is 7.60. The Kier molecular flexibility index (Phi) is 4.41. The van der Waals surface area contributed by atoms with Crippen molar-refractivity contribution in [1.82, 2.24) is 15.0 Å². The van der Waals surface area contributed by atoms with Gasteiger partial charge in [0.15, 0.2) is 5.69 Å². The number of ether oxygens (including phenoxy) is 2. The largest absolute Gasteiger partial charge is 0.373 e. The monoisotopic (exact) mass is 369 g/mol. The average Bonchev–Trinajstić information content (AvgIpc) is 3.33. The summed E-state index contributed by atoms with van der Waals surface area (Å²) in [6.45, 7) is 1.72. The lowest BCUT2D eigenvalue weighted by atomic mass is 10.0. The van der Waals surface area contributed by atoms with Crippen LogP contribution in [-0.4, -0.2) is 52.3 Å². The van der Waals surface area contributed by atoms with Crippen molar-refractivity contribution >= 4 is 5.91 Å². The molecule has 4 heterocycles. The minimum Gasteiger partial charge on any atom is -0.373 e. The number of carbonyl (C=O) groups is 1. The maximum Gasteiger partial charge on any atom is 0.276 e. The van der Waals surface area contributed by atoms with Crippen LogP contribution in [0.2, 0.25) is 0 Å². The van der Waals surface area contributed by atoms with Gasteiger partial charge in [0.25, 0.3) is 5.91 Å². The van der Waals surface area contributed by atoms with E-state index in [0.29, 0.717) is 31.4 Å². The van der Waals surface area contributed by atoms with Gasteiger partial charge in [0, 0.05) is 31.0 Å². The molecule has 0 bridgehead atoms. The molecule has 0 radical (unpaired) electrons. The van der Waals surface area contributed by atoms with Gasteiger partial charge >= 0.3 is 0 Å². The number of pyridine rings is 1. The molecule has 3 atom stereocenters. The van der Waals surface area contributed by atoms with E-state index < -0.39 is 0 Å². The minimum absolute atomic E-state index is 0.0368. The van der Waals surface area contributed by atoms with Crippen molar-refractivity contribution in [1.29, 1.82) is 0 Å². The fraction of sp³-hybridized carbons (Fsp3) is 0.550. The lowest BCUT2D eigenvalue weighted by Gasteiger charge is -2.31. The van der Waals surface area contributed by atoms with Crippen LogP contribution in [0.4, 0.5) is 0 Å². The van der Waals surface area contributed by atoms with E-state index in [4.69, 9.17) is 14.0 Å². The highest BCUT2D eigenvalue weighted by Gasteiger charge is 2.47. The predicted octanol–water partition coefficient (Wildman–Crippen LogP) is 2.54. The van der Waals surface area contributed by atoms with Crippen molar-refractivity contribution in [2.75, 3.05) is 13.2 Å². The van der Waals surface area contributed by atoms with Gasteiger partial charge in [-0.1, -0.05) is 5.16 Å². The fourth-order valence-electron chi connectivity index (χ4n) is 4.07. The van der Waals surface area contributed by atoms with E-state index in [0.717, 1.165) is 37.0 Å². The third-order valence-electron chi connectivity index (χ3n) is 5.68. The SMILES string of the molecule is O=C(c1cc(C2CC2)on1)N1C[C@H](OCc2ccncc2)[C@H]2OCCC[C@H]21. The van der Waals surface area contributed by atoms with Gasteiger partial charge in [-0.05, 0) is 43.4 Å². The maximum atomic E-state index is 13.1. The van der Waals surface area contributed by atoms with Gasteiger partial charge in [0.1, 0.15) is 18.0 Å². The topological polar surface area (TPSA) is 77.7 Å². The summed E-state index contributed by atoms with van der Waals surface area (Å²) < 4.78 is 17.5. The van der Waals surface area contributed by atoms with Gasteiger partial charge < -0.3 is 18.9 Å². The standard InChI is InChI=1S/C20H23N3O4/c24-20(15-10-17(27-22-15)14-3-4-14)23-11-18(19-16(23)2-1-9-25-19)26-12-13-5-7-21-8-6-13/h5-8,10,14,16,18-19H,1-4,9,11-12H2/t16-,18+,19+/m1/s1. The summed E-state index contributed by atoms with van der Waals surface area (Å²) in [5, 5.41) is 4.02. The van der Waals surface area contributed by atoms with Gasteiger partial charge in [-0.25, -0.2) is 0 Å². The molecular weight excluding hydrogens is 346 g/mol. The first-order chi connectivity index (χ1) is 13.3. The van der Waals surface area contributed by atoms with E-state index in [2.05, 4.69) is 10.1 Å². The van der Waals surface area contributed by atoms with E-state index in [9.17, 15) is 4.79 Å². The number of hydrogen-bond donors (Lipinski definition) is 0. The second kappa shape index (κ2) is 7.05. The molecular formula is C20H23N3O4. The summed E-state index contributed by atoms with van der Waals surface area (Å²) in [7, 11) is 0. The van der Waals surface area contributed by atoms with Crippen molar-refractivity contribution in [2.45, 2.75) is 56.5 Å². The summed E-state index contributed by atoms with van der Waals surface area (Å²) in [5.74, 6) is 1.19. The minimum atomic E-state index is -0.137. The van der Waals surface area contributed by atoms with Crippen molar-refractivity contribution in [3.05, 3.63) is 47.6 Å². The first-order valence-corrected chi connectivity index (χ1v) is 9.69. The van der Waals surface area contributed by atoms with Crippen molar-refractivity contribution in [2.24, 2.45) is 0 Å². The zero-order valence-corrected chi connectivity index (χ0v) is 15.1. The Morgan fingerprint density at radius 1 is 1.26 bits per heavy atom. The number of nitrogens with zero attached hydrogens (tertiary/aromatic N) is 3. The van der Waals surface area contributed by atoms with E-state index >= 15 is 0 Å². The third kappa shape index (κ3) is 3.37. The van der Waals surface area contributed by atoms with Crippen LogP contribution in [-0.2, 0) is 16.1 Å². The molecule has 0 N–H and O–H groups in total. The molecule has 2 aromatic heterocycles. The number of amides is 1. The van der Waals surface area contributed by atoms with Crippen molar-refractivity contribution in [3.63, 3.8) is 0 Å². The van der Waals surface area contributed by atoms with E-state index in [1.54, 1.807) is 12.4 Å². The zero-order valence-electron chi connectivity index (χ0n) is 15.1. The molecule has 1 amide bonds. The van der Waals surface area contributed by atoms with Gasteiger partial charge in [-0.15, -0.1) is 0 Å². The normalized spacial score (nSPS) is 27.6. The van der Waals surface area contributed by atoms with Crippen LogP contribution in [0.25, 0.3) is 0 Å². The first-order valence-electron chi connectivity index (χ1n) is 9.69. The quantitative estimate of drug-likeness (QED) is 0.806. The van der Waals surface area contributed by atoms with E-state index in [1.807, 2.05) is 23.1 Å². The molecule has 1 saturated carbocycles. The van der Waals surface area contributed by atoms with Crippen molar-refractivity contribution in [3.8, 4) is 0 Å². The zero-order chi connectivity index (χ0) is 18.2. The summed E-state index contributed by atoms with van der Waals surface area (Å²) >= 11 is 0. The molecule has 2 aliphatic heterocycles. The van der Waals surface area contributed by atoms with Crippen LogP contribution in [0.5, 0.6) is 0 Å². The number of fused-ring (bicyclic) bond motifs is 1. The molecule has 27 heavy (non-hydrogen) atoms. The van der Waals surface area contributed by atoms with Crippen molar-refractivity contribution < 1.29 is 18.8 Å². The van der Waals surface area contributed by atoms with Gasteiger partial charge in [0.05, 0.1) is 19.2 Å². The molecule has 0 spiro atoms. The van der Waals surface area contributed by atoms with E-state index in [1.165, 1.54) is 0 Å². The van der Waals surface area contributed by atoms with Crippen LogP contribution in [0.3, 0.4) is 0 Å². The molecule has 142 valence electrons. The highest BCUT2D eigenvalue weighted by atomic mass is 16.5. The molecule has 7 nitrogen and oxygen atoms in total. The molecule has 5 rings (SSSR count). The maximum absolute atomic E-state index is 13.1. The molecule has 2 aromatic rings. The molecule has 0 aromatic carbocycles. The Labute approximate surface area is 157 Å². The lowest BCUT2D eigenvalue weighted by Crippen LogP contribution is -2.44. The van der Waals surface area contributed by atoms with Gasteiger partial charge in [-0.2, -0.15) is 0 Å². The van der Waals surface area contributed by atoms with Crippen LogP contribution >= 0.6 is 0 Å². The molecule has 2 saturated heterocycles. The molecule has 3 fully saturated rings. The summed E-state index contributed by atoms with van der Waals surface area (Å²) in [6, 6.07) is 5.72. The third-order valence-corrected chi connectivity index (χ3v) is 5.68. The van der Waals surface area contributed by atoms with Crippen LogP contribution in [0.1, 0.15) is 53.4 Å². The van der Waals surface area contributed by atoms with E-state index in [-0.39, 0.29) is 24.2 Å². The number of aromatic nitrogens is 2. The molecule has 7 heteroatoms. The number of carbonyl (C=O) groups excluding carboxylic acids is 1. The molecule has 1 aliphatic carbocycles. The Bertz CT molecular complexity index is 805. The summed E-state index contributed by atoms with van der Waals surface area (Å²) in [5.41, 5.74) is 1.46. The smallest absolute Gasteiger partial charge is 0.276 e. The van der Waals surface area contributed by atoms with Gasteiger partial charge in [0.2, 0.25) is 0 Å². The Hall–Kier alpha value is -2.25.